The van der Waals surface area contributed by atoms with Gasteiger partial charge in [0, 0.05) is 19.6 Å². The number of nitrogens with zero attached hydrogens (tertiary/aromatic N) is 2. The number of amides is 1. The van der Waals surface area contributed by atoms with Crippen molar-refractivity contribution in [2.75, 3.05) is 32.7 Å². The van der Waals surface area contributed by atoms with Crippen LogP contribution in [0, 0.1) is 5.92 Å². The highest BCUT2D eigenvalue weighted by molar-refractivity contribution is 5.78. The smallest absolute Gasteiger partial charge is 0.307 e. The van der Waals surface area contributed by atoms with Crippen LogP contribution in [0.3, 0.4) is 0 Å². The van der Waals surface area contributed by atoms with Gasteiger partial charge in [-0.3, -0.25) is 14.5 Å². The van der Waals surface area contributed by atoms with Crippen LogP contribution in [0.1, 0.15) is 12.8 Å². The molecule has 1 aliphatic heterocycles. The standard InChI is InChI=1S/C14H22N2O3/c1-3-7-16(8-4-2)13(17)11-15-9-5-6-12(10-15)14(18)19/h3-4,12H,1-2,5-11H2,(H,18,19). The molecule has 0 saturated carbocycles. The largest absolute Gasteiger partial charge is 0.481 e. The van der Waals surface area contributed by atoms with E-state index >= 15 is 0 Å². The fourth-order valence-corrected chi connectivity index (χ4v) is 2.28. The van der Waals surface area contributed by atoms with E-state index in [1.54, 1.807) is 17.1 Å². The molecule has 0 radical (unpaired) electrons. The number of carbonyl (C=O) groups excluding carboxylic acids is 1. The molecule has 5 heteroatoms. The summed E-state index contributed by atoms with van der Waals surface area (Å²) in [5.41, 5.74) is 0. The molecule has 1 heterocycles. The first kappa shape index (κ1) is 15.4. The van der Waals surface area contributed by atoms with Crippen molar-refractivity contribution in [1.82, 2.24) is 9.80 Å². The summed E-state index contributed by atoms with van der Waals surface area (Å²) in [6, 6.07) is 0. The molecule has 0 bridgehead atoms. The maximum Gasteiger partial charge on any atom is 0.307 e. The molecule has 1 rings (SSSR count). The Balaban J connectivity index is 2.52. The molecule has 1 saturated heterocycles. The van der Waals surface area contributed by atoms with E-state index in [-0.39, 0.29) is 18.4 Å². The normalized spacial score (nSPS) is 19.7. The third-order valence-electron chi connectivity index (χ3n) is 3.27. The minimum Gasteiger partial charge on any atom is -0.481 e. The number of hydrogen-bond donors (Lipinski definition) is 1. The molecule has 19 heavy (non-hydrogen) atoms. The van der Waals surface area contributed by atoms with E-state index < -0.39 is 5.97 Å². The van der Waals surface area contributed by atoms with Crippen LogP contribution in [-0.4, -0.2) is 59.5 Å². The van der Waals surface area contributed by atoms with Crippen molar-refractivity contribution >= 4 is 11.9 Å². The zero-order valence-electron chi connectivity index (χ0n) is 11.3. The number of likely N-dealkylation sites (tertiary alicyclic amines) is 1. The van der Waals surface area contributed by atoms with Crippen molar-refractivity contribution < 1.29 is 14.7 Å². The Morgan fingerprint density at radius 1 is 1.32 bits per heavy atom. The first-order chi connectivity index (χ1) is 9.08. The molecule has 106 valence electrons. The second kappa shape index (κ2) is 7.74. The van der Waals surface area contributed by atoms with Gasteiger partial charge in [0.25, 0.3) is 0 Å². The molecule has 0 aromatic carbocycles. The lowest BCUT2D eigenvalue weighted by Crippen LogP contribution is -2.45. The molecule has 5 nitrogen and oxygen atoms in total. The van der Waals surface area contributed by atoms with E-state index in [4.69, 9.17) is 5.11 Å². The summed E-state index contributed by atoms with van der Waals surface area (Å²) in [6.45, 7) is 9.74. The summed E-state index contributed by atoms with van der Waals surface area (Å²) < 4.78 is 0. The first-order valence-corrected chi connectivity index (χ1v) is 6.53. The third kappa shape index (κ3) is 4.87. The third-order valence-corrected chi connectivity index (χ3v) is 3.27. The van der Waals surface area contributed by atoms with Crippen LogP contribution >= 0.6 is 0 Å². The lowest BCUT2D eigenvalue weighted by Gasteiger charge is -2.31. The number of piperidine rings is 1. The molecule has 0 aromatic rings. The van der Waals surface area contributed by atoms with Gasteiger partial charge in [-0.25, -0.2) is 0 Å². The van der Waals surface area contributed by atoms with Gasteiger partial charge < -0.3 is 10.0 Å². The van der Waals surface area contributed by atoms with Gasteiger partial charge in [0.2, 0.25) is 5.91 Å². The van der Waals surface area contributed by atoms with Crippen LogP contribution in [0.25, 0.3) is 0 Å². The molecule has 1 unspecified atom stereocenters. The summed E-state index contributed by atoms with van der Waals surface area (Å²) in [7, 11) is 0. The first-order valence-electron chi connectivity index (χ1n) is 6.53. The van der Waals surface area contributed by atoms with Crippen molar-refractivity contribution in [3.8, 4) is 0 Å². The summed E-state index contributed by atoms with van der Waals surface area (Å²) in [5.74, 6) is -1.13. The SMILES string of the molecule is C=CCN(CC=C)C(=O)CN1CCCC(C(=O)O)C1. The van der Waals surface area contributed by atoms with Gasteiger partial charge in [0.15, 0.2) is 0 Å². The second-order valence-corrected chi connectivity index (χ2v) is 4.79. The van der Waals surface area contributed by atoms with Gasteiger partial charge in [-0.05, 0) is 19.4 Å². The Labute approximate surface area is 114 Å². The number of hydrogen-bond acceptors (Lipinski definition) is 3. The molecule has 1 aliphatic rings. The second-order valence-electron chi connectivity index (χ2n) is 4.79. The van der Waals surface area contributed by atoms with Crippen LogP contribution in [0.4, 0.5) is 0 Å². The van der Waals surface area contributed by atoms with E-state index in [0.29, 0.717) is 26.1 Å². The molecule has 1 atom stereocenters. The van der Waals surface area contributed by atoms with Crippen molar-refractivity contribution in [3.63, 3.8) is 0 Å². The molecule has 0 aliphatic carbocycles. The van der Waals surface area contributed by atoms with E-state index in [1.807, 2.05) is 4.90 Å². The predicted molar refractivity (Wildman–Crippen MR) is 73.8 cm³/mol. The van der Waals surface area contributed by atoms with Crippen molar-refractivity contribution in [2.45, 2.75) is 12.8 Å². The molecule has 0 aromatic heterocycles. The van der Waals surface area contributed by atoms with Crippen LogP contribution in [0.5, 0.6) is 0 Å². The van der Waals surface area contributed by atoms with Gasteiger partial charge in [-0.15, -0.1) is 13.2 Å². The van der Waals surface area contributed by atoms with Crippen LogP contribution in [-0.2, 0) is 9.59 Å². The zero-order chi connectivity index (χ0) is 14.3. The monoisotopic (exact) mass is 266 g/mol. The Bertz CT molecular complexity index is 345. The van der Waals surface area contributed by atoms with Gasteiger partial charge in [0.1, 0.15) is 0 Å². The molecular weight excluding hydrogens is 244 g/mol. The number of carboxylic acids is 1. The Morgan fingerprint density at radius 2 is 1.95 bits per heavy atom. The van der Waals surface area contributed by atoms with Gasteiger partial charge in [-0.2, -0.15) is 0 Å². The van der Waals surface area contributed by atoms with Crippen LogP contribution < -0.4 is 0 Å². The number of rotatable bonds is 7. The fourth-order valence-electron chi connectivity index (χ4n) is 2.28. The predicted octanol–water partition coefficient (Wildman–Crippen LogP) is 0.984. The molecule has 1 fully saturated rings. The lowest BCUT2D eigenvalue weighted by molar-refractivity contribution is -0.144. The Kier molecular flexibility index (Phi) is 6.29. The summed E-state index contributed by atoms with van der Waals surface area (Å²) in [4.78, 5) is 26.7. The average Bonchev–Trinajstić information content (AvgIpc) is 2.38. The number of carboxylic acid groups (broad SMARTS) is 1. The van der Waals surface area contributed by atoms with Gasteiger partial charge in [-0.1, -0.05) is 12.2 Å². The van der Waals surface area contributed by atoms with Crippen molar-refractivity contribution in [3.05, 3.63) is 25.3 Å². The lowest BCUT2D eigenvalue weighted by atomic mass is 9.98. The van der Waals surface area contributed by atoms with Gasteiger partial charge in [0.05, 0.1) is 12.5 Å². The topological polar surface area (TPSA) is 60.9 Å². The van der Waals surface area contributed by atoms with Crippen molar-refractivity contribution in [2.24, 2.45) is 5.92 Å². The highest BCUT2D eigenvalue weighted by Crippen LogP contribution is 2.16. The summed E-state index contributed by atoms with van der Waals surface area (Å²) in [5, 5.41) is 9.02. The number of aliphatic carboxylic acids is 1. The minimum absolute atomic E-state index is 0.00848. The average molecular weight is 266 g/mol. The highest BCUT2D eigenvalue weighted by atomic mass is 16.4. The Morgan fingerprint density at radius 3 is 2.47 bits per heavy atom. The fraction of sp³-hybridized carbons (Fsp3) is 0.571. The van der Waals surface area contributed by atoms with Gasteiger partial charge >= 0.3 is 5.97 Å². The number of carbonyl (C=O) groups is 2. The summed E-state index contributed by atoms with van der Waals surface area (Å²) >= 11 is 0. The molecule has 0 spiro atoms. The van der Waals surface area contributed by atoms with Crippen molar-refractivity contribution in [1.29, 1.82) is 0 Å². The minimum atomic E-state index is -0.772. The molecule has 1 amide bonds. The maximum absolute atomic E-state index is 12.1. The van der Waals surface area contributed by atoms with Crippen LogP contribution in [0.15, 0.2) is 25.3 Å². The molecular formula is C14H22N2O3. The molecule has 1 N–H and O–H groups in total. The Hall–Kier alpha value is -1.62. The quantitative estimate of drug-likeness (QED) is 0.698. The van der Waals surface area contributed by atoms with Crippen LogP contribution in [0.2, 0.25) is 0 Å². The van der Waals surface area contributed by atoms with E-state index in [9.17, 15) is 9.59 Å². The maximum atomic E-state index is 12.1. The zero-order valence-corrected chi connectivity index (χ0v) is 11.3. The van der Waals surface area contributed by atoms with E-state index in [1.165, 1.54) is 0 Å². The highest BCUT2D eigenvalue weighted by Gasteiger charge is 2.27. The van der Waals surface area contributed by atoms with E-state index in [2.05, 4.69) is 13.2 Å². The summed E-state index contributed by atoms with van der Waals surface area (Å²) in [6.07, 6.45) is 4.88. The van der Waals surface area contributed by atoms with E-state index in [0.717, 1.165) is 13.0 Å².